The Labute approximate surface area is 99.0 Å². The fourth-order valence-electron chi connectivity index (χ4n) is 1.95. The van der Waals surface area contributed by atoms with E-state index in [1.807, 2.05) is 0 Å². The van der Waals surface area contributed by atoms with Gasteiger partial charge in [0.05, 0.1) is 22.9 Å². The quantitative estimate of drug-likeness (QED) is 0.648. The normalized spacial score (nSPS) is 21.9. The molecule has 1 unspecified atom stereocenters. The van der Waals surface area contributed by atoms with Gasteiger partial charge in [-0.15, -0.1) is 0 Å². The number of nitrogens with one attached hydrogen (secondary N) is 2. The molecule has 1 aliphatic heterocycles. The molecule has 3 heteroatoms. The number of anilines is 1. The molecule has 1 fully saturated rings. The Morgan fingerprint density at radius 1 is 1.29 bits per heavy atom. The molecule has 76 valence electrons. The summed E-state index contributed by atoms with van der Waals surface area (Å²) >= 11 is 2.16. The highest BCUT2D eigenvalue weighted by Gasteiger charge is 2.14. The fraction of sp³-hybridized carbons (Fsp3) is 0.455. The van der Waals surface area contributed by atoms with Gasteiger partial charge in [-0.25, -0.2) is 0 Å². The van der Waals surface area contributed by atoms with E-state index in [1.54, 1.807) is 0 Å². The van der Waals surface area contributed by atoms with Crippen LogP contribution in [0.5, 0.6) is 0 Å². The summed E-state index contributed by atoms with van der Waals surface area (Å²) in [5.74, 6) is 0.715. The van der Waals surface area contributed by atoms with Gasteiger partial charge in [0.15, 0.2) is 0 Å². The number of halogens is 1. The van der Waals surface area contributed by atoms with Crippen LogP contribution in [0.15, 0.2) is 24.3 Å². The molecule has 1 aromatic rings. The van der Waals surface area contributed by atoms with Crippen LogP contribution in [0, 0.1) is 0 Å². The Bertz CT molecular complexity index is 278. The lowest BCUT2D eigenvalue weighted by Crippen LogP contribution is -2.28. The van der Waals surface area contributed by atoms with E-state index in [-0.39, 0.29) is 0 Å². The predicted octanol–water partition coefficient (Wildman–Crippen LogP) is 2.92. The molecule has 14 heavy (non-hydrogen) atoms. The second kappa shape index (κ2) is 4.98. The SMILES string of the molecule is INc1ccc(C2CCCNC2)cc1. The maximum Gasteiger partial charge on any atom is 0.0560 e. The van der Waals surface area contributed by atoms with Crippen molar-refractivity contribution in [1.29, 1.82) is 0 Å². The van der Waals surface area contributed by atoms with Crippen LogP contribution < -0.4 is 8.85 Å². The summed E-state index contributed by atoms with van der Waals surface area (Å²) in [5.41, 5.74) is 2.64. The van der Waals surface area contributed by atoms with Crippen molar-refractivity contribution in [3.63, 3.8) is 0 Å². The highest BCUT2D eigenvalue weighted by atomic mass is 127. The second-order valence-electron chi connectivity index (χ2n) is 3.76. The van der Waals surface area contributed by atoms with Crippen LogP contribution in [0.4, 0.5) is 5.69 Å². The maximum absolute atomic E-state index is 3.44. The molecular formula is C11H15IN2. The van der Waals surface area contributed by atoms with Gasteiger partial charge in [-0.1, -0.05) is 12.1 Å². The number of benzene rings is 1. The molecule has 2 nitrogen and oxygen atoms in total. The van der Waals surface area contributed by atoms with Gasteiger partial charge in [0.25, 0.3) is 0 Å². The minimum absolute atomic E-state index is 0.715. The van der Waals surface area contributed by atoms with Gasteiger partial charge in [-0.2, -0.15) is 0 Å². The van der Waals surface area contributed by atoms with Crippen molar-refractivity contribution in [1.82, 2.24) is 5.32 Å². The fourth-order valence-corrected chi connectivity index (χ4v) is 2.31. The molecule has 0 amide bonds. The van der Waals surface area contributed by atoms with Crippen LogP contribution in [-0.4, -0.2) is 13.1 Å². The summed E-state index contributed by atoms with van der Waals surface area (Å²) in [6, 6.07) is 8.77. The molecule has 0 aromatic heterocycles. The zero-order valence-electron chi connectivity index (χ0n) is 8.09. The maximum atomic E-state index is 3.44. The van der Waals surface area contributed by atoms with Gasteiger partial charge in [0, 0.05) is 12.2 Å². The van der Waals surface area contributed by atoms with E-state index < -0.39 is 0 Å². The van der Waals surface area contributed by atoms with Crippen molar-refractivity contribution in [2.75, 3.05) is 16.6 Å². The third kappa shape index (κ3) is 2.39. The predicted molar refractivity (Wildman–Crippen MR) is 68.9 cm³/mol. The van der Waals surface area contributed by atoms with Gasteiger partial charge >= 0.3 is 0 Å². The van der Waals surface area contributed by atoms with E-state index >= 15 is 0 Å². The van der Waals surface area contributed by atoms with Gasteiger partial charge in [0.2, 0.25) is 0 Å². The zero-order chi connectivity index (χ0) is 9.80. The van der Waals surface area contributed by atoms with Crippen LogP contribution in [0.1, 0.15) is 24.3 Å². The van der Waals surface area contributed by atoms with E-state index in [0.717, 1.165) is 6.54 Å². The molecule has 1 aromatic carbocycles. The van der Waals surface area contributed by atoms with Crippen LogP contribution >= 0.6 is 22.9 Å². The number of rotatable bonds is 2. The molecular weight excluding hydrogens is 287 g/mol. The standard InChI is InChI=1S/C11H15IN2/c12-14-11-5-3-9(4-6-11)10-2-1-7-13-8-10/h3-6,10,13-14H,1-2,7-8H2. The summed E-state index contributed by atoms with van der Waals surface area (Å²) in [7, 11) is 0. The van der Waals surface area contributed by atoms with E-state index in [0.29, 0.717) is 5.92 Å². The topological polar surface area (TPSA) is 24.1 Å². The zero-order valence-corrected chi connectivity index (χ0v) is 10.3. The minimum Gasteiger partial charge on any atom is -0.328 e. The van der Waals surface area contributed by atoms with Crippen LogP contribution in [0.2, 0.25) is 0 Å². The van der Waals surface area contributed by atoms with Crippen molar-refractivity contribution in [3.05, 3.63) is 29.8 Å². The molecule has 0 saturated carbocycles. The lowest BCUT2D eigenvalue weighted by molar-refractivity contribution is 0.461. The molecule has 1 saturated heterocycles. The average Bonchev–Trinajstić information content (AvgIpc) is 2.30. The molecule has 2 N–H and O–H groups in total. The van der Waals surface area contributed by atoms with E-state index in [1.165, 1.54) is 30.6 Å². The molecule has 1 atom stereocenters. The molecule has 0 spiro atoms. The summed E-state index contributed by atoms with van der Waals surface area (Å²) < 4.78 is 3.11. The molecule has 0 bridgehead atoms. The Kier molecular flexibility index (Phi) is 3.64. The molecule has 0 aliphatic carbocycles. The second-order valence-corrected chi connectivity index (χ2v) is 4.30. The third-order valence-corrected chi connectivity index (χ3v) is 3.41. The van der Waals surface area contributed by atoms with Crippen molar-refractivity contribution in [3.8, 4) is 0 Å². The highest BCUT2D eigenvalue weighted by Crippen LogP contribution is 2.24. The smallest absolute Gasteiger partial charge is 0.0560 e. The van der Waals surface area contributed by atoms with Gasteiger partial charge in [-0.05, 0) is 43.0 Å². The minimum atomic E-state index is 0.715. The number of hydrogen-bond donors (Lipinski definition) is 2. The van der Waals surface area contributed by atoms with Gasteiger partial charge < -0.3 is 8.85 Å². The number of hydrogen-bond acceptors (Lipinski definition) is 2. The van der Waals surface area contributed by atoms with Gasteiger partial charge in [0.1, 0.15) is 0 Å². The van der Waals surface area contributed by atoms with Crippen molar-refractivity contribution in [2.24, 2.45) is 0 Å². The van der Waals surface area contributed by atoms with Crippen molar-refractivity contribution < 1.29 is 0 Å². The van der Waals surface area contributed by atoms with Crippen LogP contribution in [-0.2, 0) is 0 Å². The number of piperidine rings is 1. The first-order chi connectivity index (χ1) is 6.90. The van der Waals surface area contributed by atoms with Crippen LogP contribution in [0.25, 0.3) is 0 Å². The van der Waals surface area contributed by atoms with E-state index in [9.17, 15) is 0 Å². The van der Waals surface area contributed by atoms with E-state index in [4.69, 9.17) is 0 Å². The molecule has 1 aliphatic rings. The van der Waals surface area contributed by atoms with Gasteiger partial charge in [-0.3, -0.25) is 0 Å². The third-order valence-electron chi connectivity index (χ3n) is 2.79. The monoisotopic (exact) mass is 302 g/mol. The lowest BCUT2D eigenvalue weighted by atomic mass is 9.92. The van der Waals surface area contributed by atoms with Crippen LogP contribution in [0.3, 0.4) is 0 Å². The Morgan fingerprint density at radius 2 is 2.07 bits per heavy atom. The molecule has 2 rings (SSSR count). The summed E-state index contributed by atoms with van der Waals surface area (Å²) in [4.78, 5) is 0. The molecule has 0 radical (unpaired) electrons. The summed E-state index contributed by atoms with van der Waals surface area (Å²) in [6.07, 6.45) is 2.63. The van der Waals surface area contributed by atoms with Crippen molar-refractivity contribution >= 4 is 28.6 Å². The summed E-state index contributed by atoms with van der Waals surface area (Å²) in [6.45, 7) is 2.32. The average molecular weight is 302 g/mol. The first-order valence-corrected chi connectivity index (χ1v) is 6.15. The molecule has 1 heterocycles. The van der Waals surface area contributed by atoms with Crippen molar-refractivity contribution in [2.45, 2.75) is 18.8 Å². The first-order valence-electron chi connectivity index (χ1n) is 5.07. The van der Waals surface area contributed by atoms with E-state index in [2.05, 4.69) is 56.0 Å². The largest absolute Gasteiger partial charge is 0.328 e. The summed E-state index contributed by atoms with van der Waals surface area (Å²) in [5, 5.41) is 3.44. The first kappa shape index (κ1) is 10.2. The lowest BCUT2D eigenvalue weighted by Gasteiger charge is -2.23. The Morgan fingerprint density at radius 3 is 2.64 bits per heavy atom. The Hall–Kier alpha value is -0.290. The highest BCUT2D eigenvalue weighted by molar-refractivity contribution is 14.1. The Balaban J connectivity index is 2.07.